The minimum absolute atomic E-state index is 2.48. The molecule has 0 radical (unpaired) electrons. The van der Waals surface area contributed by atoms with Crippen molar-refractivity contribution in [2.75, 3.05) is 26.4 Å². The fourth-order valence-corrected chi connectivity index (χ4v) is 4.15. The van der Waals surface area contributed by atoms with Gasteiger partial charge in [0.1, 0.15) is 13.2 Å². The molecule has 0 aliphatic rings. The molecule has 2 nitrogen and oxygen atoms in total. The summed E-state index contributed by atoms with van der Waals surface area (Å²) in [7, 11) is 0. The van der Waals surface area contributed by atoms with E-state index in [9.17, 15) is 167 Å². The minimum atomic E-state index is -8.63. The van der Waals surface area contributed by atoms with Gasteiger partial charge in [-0.15, -0.1) is 0 Å². The lowest BCUT2D eigenvalue weighted by Crippen LogP contribution is -2.71. The van der Waals surface area contributed by atoms with Crippen molar-refractivity contribution in [3.8, 4) is 0 Å². The molecule has 0 aliphatic heterocycles. The summed E-state index contributed by atoms with van der Waals surface area (Å²) in [4.78, 5) is 0. The summed E-state index contributed by atoms with van der Waals surface area (Å²) >= 11 is 0. The molecule has 0 heterocycles. The molecule has 66 heavy (non-hydrogen) atoms. The Morgan fingerprint density at radius 2 is 0.364 bits per heavy atom. The third kappa shape index (κ3) is 9.60. The zero-order valence-corrected chi connectivity index (χ0v) is 29.8. The van der Waals surface area contributed by atoms with Crippen molar-refractivity contribution in [3.63, 3.8) is 0 Å². The van der Waals surface area contributed by atoms with Gasteiger partial charge in [0, 0.05) is 26.1 Å². The predicted octanol–water partition coefficient (Wildman–Crippen LogP) is 13.9. The highest BCUT2D eigenvalue weighted by molar-refractivity contribution is 5.13. The van der Waals surface area contributed by atoms with Gasteiger partial charge in [0.05, 0.1) is 0 Å². The maximum atomic E-state index is 14.0. The highest BCUT2D eigenvalue weighted by Gasteiger charge is 2.93. The Labute approximate surface area is 336 Å². The SMILES string of the molecule is FC(F)(F)C(F)(F)C(F)(F)C(F)(F)C(F)(F)C(F)(F)CCCOCC(F)(F)C(F)(F)C(F)(F)C(F)(F)C(F)(F)C(F)(F)COCCCC(F)(F)C(F)(F)C(F)(F)C(F)(F)C(F)(F)C(F)(F)F. The van der Waals surface area contributed by atoms with E-state index in [4.69, 9.17) is 0 Å². The van der Waals surface area contributed by atoms with Gasteiger partial charge in [-0.25, -0.2) is 0 Å². The van der Waals surface area contributed by atoms with Crippen LogP contribution in [0.15, 0.2) is 0 Å². The van der Waals surface area contributed by atoms with Crippen molar-refractivity contribution in [2.45, 2.75) is 133 Å². The van der Waals surface area contributed by atoms with Gasteiger partial charge in [-0.3, -0.25) is 0 Å². The van der Waals surface area contributed by atoms with Crippen LogP contribution in [-0.2, 0) is 9.47 Å². The Morgan fingerprint density at radius 1 is 0.197 bits per heavy atom. The van der Waals surface area contributed by atoms with E-state index in [0.29, 0.717) is 0 Å². The molecule has 0 spiro atoms. The monoisotopic (exact) mass is 1080 g/mol. The number of hydrogen-bond acceptors (Lipinski definition) is 2. The number of rotatable bonds is 25. The van der Waals surface area contributed by atoms with Crippen molar-refractivity contribution in [2.24, 2.45) is 0 Å². The van der Waals surface area contributed by atoms with E-state index in [1.165, 1.54) is 0 Å². The Balaban J connectivity index is 6.02. The van der Waals surface area contributed by atoms with Crippen LogP contribution in [0.4, 0.5) is 167 Å². The Kier molecular flexibility index (Phi) is 16.9. The van der Waals surface area contributed by atoms with Gasteiger partial charge >= 0.3 is 107 Å². The zero-order chi connectivity index (χ0) is 54.1. The molecule has 40 heteroatoms. The van der Waals surface area contributed by atoms with Crippen LogP contribution in [-0.4, -0.2) is 134 Å². The standard InChI is InChI=1S/C26H16F38O2/c27-9(28,13(35,36)17(43,44)21(51,52)23(55,56)25(59,60)61)3-1-5-65-7-11(31,32)15(39,40)19(47,48)20(49,50)16(41,42)12(33,34)8-66-6-2-4-10(29,30)14(37,38)18(45,46)22(53,54)24(57,58)26(62,63)64/h1-8H2. The summed E-state index contributed by atoms with van der Waals surface area (Å²) in [5, 5.41) is 0. The third-order valence-electron chi connectivity index (χ3n) is 8.22. The molecule has 0 amide bonds. The fraction of sp³-hybridized carbons (Fsp3) is 1.00. The first-order valence-electron chi connectivity index (χ1n) is 15.5. The van der Waals surface area contributed by atoms with E-state index in [1.54, 1.807) is 0 Å². The quantitative estimate of drug-likeness (QED) is 0.0670. The highest BCUT2D eigenvalue weighted by Crippen LogP contribution is 2.64. The molecule has 0 aromatic carbocycles. The van der Waals surface area contributed by atoms with Crippen LogP contribution >= 0.6 is 0 Å². The first kappa shape index (κ1) is 63.3. The van der Waals surface area contributed by atoms with Crippen LogP contribution in [0.1, 0.15) is 25.7 Å². The van der Waals surface area contributed by atoms with Gasteiger partial charge in [-0.05, 0) is 12.8 Å². The molecular formula is C26H16F38O2. The van der Waals surface area contributed by atoms with E-state index >= 15 is 0 Å². The van der Waals surface area contributed by atoms with Crippen LogP contribution in [0.5, 0.6) is 0 Å². The summed E-state index contributed by atoms with van der Waals surface area (Å²) in [6.45, 7) is -12.6. The Hall–Kier alpha value is -2.74. The highest BCUT2D eigenvalue weighted by atomic mass is 19.4. The van der Waals surface area contributed by atoms with E-state index in [-0.39, 0.29) is 0 Å². The molecule has 0 aliphatic carbocycles. The van der Waals surface area contributed by atoms with Crippen molar-refractivity contribution < 1.29 is 176 Å². The largest absolute Gasteiger partial charge is 0.460 e. The molecule has 0 saturated heterocycles. The molecule has 0 atom stereocenters. The number of halogens is 38. The topological polar surface area (TPSA) is 18.5 Å². The maximum absolute atomic E-state index is 14.0. The molecule has 0 N–H and O–H groups in total. The minimum Gasteiger partial charge on any atom is -0.375 e. The molecule has 0 bridgehead atoms. The van der Waals surface area contributed by atoms with Gasteiger partial charge in [-0.1, -0.05) is 0 Å². The number of alkyl halides is 38. The maximum Gasteiger partial charge on any atom is 0.460 e. The Bertz CT molecular complexity index is 1500. The number of hydrogen-bond donors (Lipinski definition) is 0. The third-order valence-corrected chi connectivity index (χ3v) is 8.22. The average molecular weight is 1080 g/mol. The molecule has 0 saturated carbocycles. The van der Waals surface area contributed by atoms with Crippen LogP contribution in [0.25, 0.3) is 0 Å². The number of ether oxygens (including phenoxy) is 2. The lowest BCUT2D eigenvalue weighted by atomic mass is 9.91. The van der Waals surface area contributed by atoms with E-state index < -0.39 is 159 Å². The average Bonchev–Trinajstić information content (AvgIpc) is 3.08. The van der Waals surface area contributed by atoms with Gasteiger partial charge in [0.2, 0.25) is 0 Å². The summed E-state index contributed by atoms with van der Waals surface area (Å²) < 4.78 is 514. The summed E-state index contributed by atoms with van der Waals surface area (Å²) in [6, 6.07) is 0. The van der Waals surface area contributed by atoms with Gasteiger partial charge in [0.15, 0.2) is 0 Å². The van der Waals surface area contributed by atoms with Gasteiger partial charge in [0.25, 0.3) is 0 Å². The van der Waals surface area contributed by atoms with Crippen LogP contribution in [0.3, 0.4) is 0 Å². The van der Waals surface area contributed by atoms with Crippen molar-refractivity contribution in [3.05, 3.63) is 0 Å². The van der Waals surface area contributed by atoms with Crippen molar-refractivity contribution in [1.82, 2.24) is 0 Å². The summed E-state index contributed by atoms with van der Waals surface area (Å²) in [5.41, 5.74) is 0. The molecule has 0 unspecified atom stereocenters. The van der Waals surface area contributed by atoms with Crippen LogP contribution in [0, 0.1) is 0 Å². The summed E-state index contributed by atoms with van der Waals surface area (Å²) in [6.07, 6.45) is -27.4. The lowest BCUT2D eigenvalue weighted by molar-refractivity contribution is -0.440. The molecule has 0 fully saturated rings. The smallest absolute Gasteiger partial charge is 0.375 e. The second-order valence-corrected chi connectivity index (χ2v) is 13.0. The lowest BCUT2D eigenvalue weighted by Gasteiger charge is -2.41. The Morgan fingerprint density at radius 3 is 0.545 bits per heavy atom. The fourth-order valence-electron chi connectivity index (χ4n) is 4.15. The first-order chi connectivity index (χ1) is 28.2. The van der Waals surface area contributed by atoms with Crippen molar-refractivity contribution in [1.29, 1.82) is 0 Å². The normalized spacial score (nSPS) is 16.6. The van der Waals surface area contributed by atoms with Gasteiger partial charge < -0.3 is 9.47 Å². The second-order valence-electron chi connectivity index (χ2n) is 13.0. The van der Waals surface area contributed by atoms with E-state index in [0.717, 1.165) is 0 Å². The zero-order valence-electron chi connectivity index (χ0n) is 29.8. The van der Waals surface area contributed by atoms with Crippen LogP contribution in [0.2, 0.25) is 0 Å². The summed E-state index contributed by atoms with van der Waals surface area (Å²) in [5.74, 6) is -129. The molecule has 0 aromatic heterocycles. The van der Waals surface area contributed by atoms with Crippen molar-refractivity contribution >= 4 is 0 Å². The van der Waals surface area contributed by atoms with Crippen LogP contribution < -0.4 is 0 Å². The second kappa shape index (κ2) is 17.6. The molecule has 398 valence electrons. The predicted molar refractivity (Wildman–Crippen MR) is 131 cm³/mol. The molecule has 0 rings (SSSR count). The molecule has 0 aromatic rings. The molecular weight excluding hydrogens is 1070 g/mol. The van der Waals surface area contributed by atoms with E-state index in [2.05, 4.69) is 9.47 Å². The first-order valence-corrected chi connectivity index (χ1v) is 15.5. The van der Waals surface area contributed by atoms with E-state index in [1.807, 2.05) is 0 Å². The van der Waals surface area contributed by atoms with Gasteiger partial charge in [-0.2, -0.15) is 167 Å².